The third kappa shape index (κ3) is 9.79. The van der Waals surface area contributed by atoms with E-state index in [1.165, 1.54) is 0 Å². The van der Waals surface area contributed by atoms with Crippen LogP contribution in [-0.4, -0.2) is 61.5 Å². The zero-order valence-corrected chi connectivity index (χ0v) is 25.8. The van der Waals surface area contributed by atoms with Gasteiger partial charge in [-0.3, -0.25) is 0 Å². The Labute approximate surface area is 242 Å². The summed E-state index contributed by atoms with van der Waals surface area (Å²) >= 11 is 0. The molecule has 2 aromatic carbocycles. The molecule has 224 valence electrons. The number of hydrogen-bond acceptors (Lipinski definition) is 6. The van der Waals surface area contributed by atoms with Crippen LogP contribution in [0.3, 0.4) is 0 Å². The summed E-state index contributed by atoms with van der Waals surface area (Å²) in [7, 11) is 0. The Hall–Kier alpha value is -2.06. The highest BCUT2D eigenvalue weighted by atomic mass is 16.6. The van der Waals surface area contributed by atoms with Crippen LogP contribution in [0.25, 0.3) is 0 Å². The molecule has 40 heavy (non-hydrogen) atoms. The van der Waals surface area contributed by atoms with Crippen molar-refractivity contribution in [3.05, 3.63) is 83.9 Å². The maximum absolute atomic E-state index is 11.1. The first-order valence-electron chi connectivity index (χ1n) is 14.6. The van der Waals surface area contributed by atoms with Crippen LogP contribution in [-0.2, 0) is 24.5 Å². The molecule has 2 rings (SSSR count). The summed E-state index contributed by atoms with van der Waals surface area (Å²) in [6.45, 7) is 20.3. The summed E-state index contributed by atoms with van der Waals surface area (Å²) in [5.41, 5.74) is 7.58. The fraction of sp³-hybridized carbons (Fsp3) is 0.588. The maximum atomic E-state index is 11.1. The van der Waals surface area contributed by atoms with Gasteiger partial charge in [0.05, 0.1) is 31.5 Å². The minimum atomic E-state index is -1.01. The molecule has 0 fully saturated rings. The van der Waals surface area contributed by atoms with Gasteiger partial charge in [0.2, 0.25) is 0 Å². The van der Waals surface area contributed by atoms with Gasteiger partial charge in [-0.1, -0.05) is 81.1 Å². The first-order chi connectivity index (χ1) is 18.9. The molecule has 0 amide bonds. The van der Waals surface area contributed by atoms with Gasteiger partial charge in [-0.05, 0) is 70.1 Å². The van der Waals surface area contributed by atoms with Gasteiger partial charge in [0.1, 0.15) is 11.2 Å². The van der Waals surface area contributed by atoms with E-state index in [1.807, 2.05) is 95.3 Å². The normalized spacial score (nSPS) is 15.6. The molecule has 0 saturated carbocycles. The van der Waals surface area contributed by atoms with Gasteiger partial charge in [0.25, 0.3) is 0 Å². The van der Waals surface area contributed by atoms with Gasteiger partial charge < -0.3 is 29.8 Å². The number of aliphatic hydroxyl groups excluding tert-OH is 1. The lowest BCUT2D eigenvalue weighted by Crippen LogP contribution is -2.52. The molecule has 0 aliphatic rings. The Balaban J connectivity index is 2.31. The quantitative estimate of drug-likeness (QED) is 0.199. The number of nitrogens with two attached hydrogens (primary N) is 1. The van der Waals surface area contributed by atoms with Gasteiger partial charge in [-0.2, -0.15) is 0 Å². The number of aliphatic hydroxyl groups is 1. The summed E-state index contributed by atoms with van der Waals surface area (Å²) in [4.78, 5) is 0. The lowest BCUT2D eigenvalue weighted by atomic mass is 9.78. The van der Waals surface area contributed by atoms with E-state index in [1.54, 1.807) is 0 Å². The number of hydrogen-bond donors (Lipinski definition) is 2. The fourth-order valence-corrected chi connectivity index (χ4v) is 4.66. The largest absolute Gasteiger partial charge is 0.391 e. The fourth-order valence-electron chi connectivity index (χ4n) is 4.66. The summed E-state index contributed by atoms with van der Waals surface area (Å²) in [5, 5.41) is 11.1. The smallest absolute Gasteiger partial charge is 0.133 e. The van der Waals surface area contributed by atoms with Crippen molar-refractivity contribution in [2.45, 2.75) is 90.3 Å². The lowest BCUT2D eigenvalue weighted by molar-refractivity contribution is -0.133. The molecule has 0 spiro atoms. The Kier molecular flexibility index (Phi) is 13.5. The lowest BCUT2D eigenvalue weighted by Gasteiger charge is -2.42. The number of rotatable bonds is 19. The second-order valence-corrected chi connectivity index (χ2v) is 12.0. The zero-order valence-electron chi connectivity index (χ0n) is 25.8. The van der Waals surface area contributed by atoms with Crippen LogP contribution in [0.15, 0.2) is 72.8 Å². The summed E-state index contributed by atoms with van der Waals surface area (Å²) in [5.74, 6) is 0.559. The van der Waals surface area contributed by atoms with Crippen LogP contribution in [0.1, 0.15) is 72.4 Å². The van der Waals surface area contributed by atoms with E-state index in [4.69, 9.17) is 24.7 Å². The molecule has 0 aliphatic carbocycles. The Bertz CT molecular complexity index is 954. The number of benzene rings is 2. The van der Waals surface area contributed by atoms with Crippen LogP contribution in [0.5, 0.6) is 0 Å². The average molecular weight is 556 g/mol. The first-order valence-corrected chi connectivity index (χ1v) is 14.6. The van der Waals surface area contributed by atoms with Crippen molar-refractivity contribution in [3.8, 4) is 0 Å². The van der Waals surface area contributed by atoms with Gasteiger partial charge in [-0.15, -0.1) is 0 Å². The van der Waals surface area contributed by atoms with E-state index < -0.39 is 28.9 Å². The highest BCUT2D eigenvalue weighted by Gasteiger charge is 2.43. The molecule has 3 atom stereocenters. The van der Waals surface area contributed by atoms with Crippen LogP contribution in [0.4, 0.5) is 0 Å². The number of ether oxygens (including phenoxy) is 4. The molecule has 3 N–H and O–H groups in total. The minimum Gasteiger partial charge on any atom is -0.391 e. The van der Waals surface area contributed by atoms with Crippen LogP contribution < -0.4 is 5.73 Å². The molecule has 2 aromatic rings. The second kappa shape index (κ2) is 15.8. The topological polar surface area (TPSA) is 83.2 Å². The van der Waals surface area contributed by atoms with E-state index in [0.29, 0.717) is 32.3 Å². The molecule has 0 heterocycles. The summed E-state index contributed by atoms with van der Waals surface area (Å²) < 4.78 is 24.9. The molecular weight excluding hydrogens is 502 g/mol. The van der Waals surface area contributed by atoms with Crippen molar-refractivity contribution in [3.63, 3.8) is 0 Å². The Morgan fingerprint density at radius 1 is 0.900 bits per heavy atom. The highest BCUT2D eigenvalue weighted by Crippen LogP contribution is 2.39. The van der Waals surface area contributed by atoms with Gasteiger partial charge in [-0.25, -0.2) is 0 Å². The van der Waals surface area contributed by atoms with E-state index >= 15 is 0 Å². The molecular formula is C34H53NO5. The molecule has 0 radical (unpaired) electrons. The molecule has 0 saturated heterocycles. The molecule has 6 heteroatoms. The molecule has 2 unspecified atom stereocenters. The minimum absolute atomic E-state index is 0.118. The van der Waals surface area contributed by atoms with Crippen LogP contribution >= 0.6 is 0 Å². The van der Waals surface area contributed by atoms with Gasteiger partial charge in [0, 0.05) is 19.3 Å². The standard InChI is InChI=1S/C34H53NO5/c1-9-38-33(8,27(4)5)25-37-23-30(36)22-31(35)34(28-16-12-10-13-17-28,29-18-14-11-15-19-29)40-24-32(6,7)39-21-20-26(2)3/h10-19,26,30-31,36H,4,9,20-25,35H2,1-3,5-8H3/t30?,31?,33-/m1/s1. The van der Waals surface area contributed by atoms with Crippen LogP contribution in [0, 0.1) is 5.92 Å². The second-order valence-electron chi connectivity index (χ2n) is 12.0. The van der Waals surface area contributed by atoms with E-state index in [-0.39, 0.29) is 13.0 Å². The van der Waals surface area contributed by atoms with E-state index in [2.05, 4.69) is 20.4 Å². The van der Waals surface area contributed by atoms with Crippen molar-refractivity contribution in [1.82, 2.24) is 0 Å². The zero-order chi connectivity index (χ0) is 29.8. The monoisotopic (exact) mass is 555 g/mol. The van der Waals surface area contributed by atoms with Crippen LogP contribution in [0.2, 0.25) is 0 Å². The van der Waals surface area contributed by atoms with Crippen molar-refractivity contribution in [1.29, 1.82) is 0 Å². The Morgan fingerprint density at radius 3 is 1.93 bits per heavy atom. The van der Waals surface area contributed by atoms with Crippen molar-refractivity contribution in [2.24, 2.45) is 11.7 Å². The molecule has 0 aliphatic heterocycles. The summed E-state index contributed by atoms with van der Waals surface area (Å²) in [6, 6.07) is 19.4. The van der Waals surface area contributed by atoms with Crippen molar-refractivity contribution >= 4 is 0 Å². The van der Waals surface area contributed by atoms with E-state index in [0.717, 1.165) is 23.1 Å². The maximum Gasteiger partial charge on any atom is 0.133 e. The predicted octanol–water partition coefficient (Wildman–Crippen LogP) is 6.25. The SMILES string of the molecule is C=C(C)[C@@](C)(COCC(O)CC(N)C(OCC(C)(C)OCCC(C)C)(c1ccccc1)c1ccccc1)OCC. The first kappa shape index (κ1) is 34.1. The third-order valence-corrected chi connectivity index (χ3v) is 7.34. The molecule has 0 bridgehead atoms. The molecule has 6 nitrogen and oxygen atoms in total. The van der Waals surface area contributed by atoms with Gasteiger partial charge in [0.15, 0.2) is 0 Å². The predicted molar refractivity (Wildman–Crippen MR) is 163 cm³/mol. The van der Waals surface area contributed by atoms with E-state index in [9.17, 15) is 5.11 Å². The van der Waals surface area contributed by atoms with Crippen molar-refractivity contribution < 1.29 is 24.1 Å². The van der Waals surface area contributed by atoms with Crippen molar-refractivity contribution in [2.75, 3.05) is 33.0 Å². The third-order valence-electron chi connectivity index (χ3n) is 7.34. The molecule has 0 aromatic heterocycles. The van der Waals surface area contributed by atoms with Gasteiger partial charge >= 0.3 is 0 Å². The summed E-state index contributed by atoms with van der Waals surface area (Å²) in [6.07, 6.45) is 0.430. The highest BCUT2D eigenvalue weighted by molar-refractivity contribution is 5.39. The Morgan fingerprint density at radius 2 is 1.45 bits per heavy atom. The average Bonchev–Trinajstić information content (AvgIpc) is 2.90.